The van der Waals surface area contributed by atoms with Crippen molar-refractivity contribution in [3.63, 3.8) is 0 Å². The van der Waals surface area contributed by atoms with Crippen LogP contribution in [0, 0.1) is 0 Å². The molecule has 1 aromatic heterocycles. The summed E-state index contributed by atoms with van der Waals surface area (Å²) in [5.74, 6) is -0.250. The van der Waals surface area contributed by atoms with Gasteiger partial charge in [-0.15, -0.1) is 0 Å². The third-order valence-corrected chi connectivity index (χ3v) is 2.59. The predicted molar refractivity (Wildman–Crippen MR) is 72.3 cm³/mol. The van der Waals surface area contributed by atoms with E-state index in [9.17, 15) is 4.79 Å². The maximum Gasteiger partial charge on any atom is 0.354 e. The summed E-state index contributed by atoms with van der Waals surface area (Å²) in [6, 6.07) is 5.11. The fourth-order valence-electron chi connectivity index (χ4n) is 1.65. The number of carboxylic acid groups (broad SMARTS) is 1. The van der Waals surface area contributed by atoms with E-state index >= 15 is 0 Å². The van der Waals surface area contributed by atoms with Gasteiger partial charge in [-0.05, 0) is 32.6 Å². The Morgan fingerprint density at radius 2 is 2.00 bits per heavy atom. The van der Waals surface area contributed by atoms with Crippen LogP contribution in [-0.2, 0) is 0 Å². The van der Waals surface area contributed by atoms with Crippen molar-refractivity contribution in [2.75, 3.05) is 38.6 Å². The standard InChI is InChI=1S/C13H21N3O2/c1-4-8-16(10-9-15(2)3)12-7-5-6-11(14-12)13(17)18/h5-7H,4,8-10H2,1-3H3,(H,17,18). The lowest BCUT2D eigenvalue weighted by molar-refractivity contribution is 0.0690. The molecular formula is C13H21N3O2. The Balaban J connectivity index is 2.83. The van der Waals surface area contributed by atoms with Crippen molar-refractivity contribution in [3.8, 4) is 0 Å². The van der Waals surface area contributed by atoms with Gasteiger partial charge in [-0.3, -0.25) is 0 Å². The van der Waals surface area contributed by atoms with Gasteiger partial charge < -0.3 is 14.9 Å². The van der Waals surface area contributed by atoms with Crippen molar-refractivity contribution in [1.29, 1.82) is 0 Å². The van der Waals surface area contributed by atoms with Crippen molar-refractivity contribution in [2.24, 2.45) is 0 Å². The predicted octanol–water partition coefficient (Wildman–Crippen LogP) is 1.56. The maximum atomic E-state index is 10.9. The molecule has 0 bridgehead atoms. The molecule has 0 unspecified atom stereocenters. The molecule has 0 aliphatic rings. The first-order valence-electron chi connectivity index (χ1n) is 6.14. The minimum Gasteiger partial charge on any atom is -0.477 e. The van der Waals surface area contributed by atoms with Gasteiger partial charge in [-0.1, -0.05) is 13.0 Å². The smallest absolute Gasteiger partial charge is 0.354 e. The lowest BCUT2D eigenvalue weighted by Crippen LogP contribution is -2.33. The maximum absolute atomic E-state index is 10.9. The molecule has 5 heteroatoms. The van der Waals surface area contributed by atoms with Crippen molar-refractivity contribution in [1.82, 2.24) is 9.88 Å². The third kappa shape index (κ3) is 4.33. The number of nitrogens with zero attached hydrogens (tertiary/aromatic N) is 3. The van der Waals surface area contributed by atoms with Crippen molar-refractivity contribution >= 4 is 11.8 Å². The molecule has 0 fully saturated rings. The molecule has 0 radical (unpaired) electrons. The SMILES string of the molecule is CCCN(CCN(C)C)c1cccc(C(=O)O)n1. The molecule has 0 atom stereocenters. The first-order chi connectivity index (χ1) is 8.54. The summed E-state index contributed by atoms with van der Waals surface area (Å²) in [5, 5.41) is 8.95. The van der Waals surface area contributed by atoms with Crippen molar-refractivity contribution < 1.29 is 9.90 Å². The number of carbonyl (C=O) groups is 1. The van der Waals surface area contributed by atoms with Gasteiger partial charge >= 0.3 is 5.97 Å². The molecule has 0 aromatic carbocycles. The molecule has 0 amide bonds. The zero-order valence-corrected chi connectivity index (χ0v) is 11.3. The Morgan fingerprint density at radius 1 is 1.28 bits per heavy atom. The van der Waals surface area contributed by atoms with Crippen molar-refractivity contribution in [3.05, 3.63) is 23.9 Å². The number of hydrogen-bond donors (Lipinski definition) is 1. The normalized spacial score (nSPS) is 10.7. The Labute approximate surface area is 108 Å². The van der Waals surface area contributed by atoms with Crippen LogP contribution >= 0.6 is 0 Å². The zero-order chi connectivity index (χ0) is 13.5. The van der Waals surface area contributed by atoms with E-state index in [1.54, 1.807) is 6.07 Å². The zero-order valence-electron chi connectivity index (χ0n) is 11.3. The molecule has 1 rings (SSSR count). The quantitative estimate of drug-likeness (QED) is 0.797. The van der Waals surface area contributed by atoms with Gasteiger partial charge in [-0.2, -0.15) is 0 Å². The van der Waals surface area contributed by atoms with Crippen molar-refractivity contribution in [2.45, 2.75) is 13.3 Å². The van der Waals surface area contributed by atoms with Crippen LogP contribution < -0.4 is 4.90 Å². The van der Waals surface area contributed by atoms with Gasteiger partial charge in [0.15, 0.2) is 5.69 Å². The molecule has 18 heavy (non-hydrogen) atoms. The third-order valence-electron chi connectivity index (χ3n) is 2.59. The number of aromatic nitrogens is 1. The lowest BCUT2D eigenvalue weighted by atomic mass is 10.3. The minimum atomic E-state index is -0.985. The number of aromatic carboxylic acids is 1. The molecule has 5 nitrogen and oxygen atoms in total. The second-order valence-corrected chi connectivity index (χ2v) is 4.48. The molecule has 1 heterocycles. The van der Waals surface area contributed by atoms with Crippen LogP contribution in [0.5, 0.6) is 0 Å². The highest BCUT2D eigenvalue weighted by Gasteiger charge is 2.10. The molecule has 1 aromatic rings. The second-order valence-electron chi connectivity index (χ2n) is 4.48. The van der Waals surface area contributed by atoms with E-state index in [1.807, 2.05) is 20.2 Å². The van der Waals surface area contributed by atoms with E-state index in [1.165, 1.54) is 6.07 Å². The summed E-state index contributed by atoms with van der Waals surface area (Å²) in [6.45, 7) is 4.74. The van der Waals surface area contributed by atoms with Crippen LogP contribution in [0.1, 0.15) is 23.8 Å². The van der Waals surface area contributed by atoms with Gasteiger partial charge in [0.1, 0.15) is 5.82 Å². The minimum absolute atomic E-state index is 0.0958. The second kappa shape index (κ2) is 6.96. The average Bonchev–Trinajstić information content (AvgIpc) is 2.34. The molecule has 100 valence electrons. The van der Waals surface area contributed by atoms with Crippen LogP contribution in [0.2, 0.25) is 0 Å². The summed E-state index contributed by atoms with van der Waals surface area (Å²) >= 11 is 0. The van der Waals surface area contributed by atoms with Crippen LogP contribution in [0.4, 0.5) is 5.82 Å². The highest BCUT2D eigenvalue weighted by Crippen LogP contribution is 2.12. The summed E-state index contributed by atoms with van der Waals surface area (Å²) < 4.78 is 0. The number of hydrogen-bond acceptors (Lipinski definition) is 4. The highest BCUT2D eigenvalue weighted by molar-refractivity contribution is 5.85. The number of likely N-dealkylation sites (N-methyl/N-ethyl adjacent to an activating group) is 1. The van der Waals surface area contributed by atoms with Gasteiger partial charge in [-0.25, -0.2) is 9.78 Å². The number of carboxylic acids is 1. The topological polar surface area (TPSA) is 56.7 Å². The van der Waals surface area contributed by atoms with E-state index in [-0.39, 0.29) is 5.69 Å². The number of pyridine rings is 1. The number of rotatable bonds is 7. The molecule has 1 N–H and O–H groups in total. The Hall–Kier alpha value is -1.62. The van der Waals surface area contributed by atoms with Crippen LogP contribution in [0.15, 0.2) is 18.2 Å². The van der Waals surface area contributed by atoms with Gasteiger partial charge in [0, 0.05) is 19.6 Å². The lowest BCUT2D eigenvalue weighted by Gasteiger charge is -2.25. The number of anilines is 1. The van der Waals surface area contributed by atoms with Crippen LogP contribution in [-0.4, -0.2) is 54.7 Å². The first-order valence-corrected chi connectivity index (χ1v) is 6.14. The van der Waals surface area contributed by atoms with E-state index in [0.29, 0.717) is 0 Å². The molecule has 0 saturated heterocycles. The van der Waals surface area contributed by atoms with Crippen LogP contribution in [0.3, 0.4) is 0 Å². The van der Waals surface area contributed by atoms with E-state index in [4.69, 9.17) is 5.11 Å². The van der Waals surface area contributed by atoms with Gasteiger partial charge in [0.05, 0.1) is 0 Å². The highest BCUT2D eigenvalue weighted by atomic mass is 16.4. The van der Waals surface area contributed by atoms with E-state index < -0.39 is 5.97 Å². The largest absolute Gasteiger partial charge is 0.477 e. The summed E-state index contributed by atoms with van der Waals surface area (Å²) in [4.78, 5) is 19.3. The molecule has 0 aliphatic carbocycles. The molecule has 0 spiro atoms. The molecule has 0 saturated carbocycles. The van der Waals surface area contributed by atoms with E-state index in [2.05, 4.69) is 21.7 Å². The molecular weight excluding hydrogens is 230 g/mol. The van der Waals surface area contributed by atoms with Gasteiger partial charge in [0.2, 0.25) is 0 Å². The average molecular weight is 251 g/mol. The molecule has 0 aliphatic heterocycles. The summed E-state index contributed by atoms with van der Waals surface area (Å²) in [5.41, 5.74) is 0.0958. The summed E-state index contributed by atoms with van der Waals surface area (Å²) in [6.07, 6.45) is 1.01. The van der Waals surface area contributed by atoms with Gasteiger partial charge in [0.25, 0.3) is 0 Å². The van der Waals surface area contributed by atoms with Crippen LogP contribution in [0.25, 0.3) is 0 Å². The Kier molecular flexibility index (Phi) is 5.58. The Bertz CT molecular complexity index is 394. The van der Waals surface area contributed by atoms with E-state index in [0.717, 1.165) is 31.9 Å². The first kappa shape index (κ1) is 14.4. The summed E-state index contributed by atoms with van der Waals surface area (Å²) in [7, 11) is 4.04. The monoisotopic (exact) mass is 251 g/mol. The fourth-order valence-corrected chi connectivity index (χ4v) is 1.65. The fraction of sp³-hybridized carbons (Fsp3) is 0.538. The Morgan fingerprint density at radius 3 is 2.56 bits per heavy atom.